The summed E-state index contributed by atoms with van der Waals surface area (Å²) in [6.45, 7) is 6.36. The lowest BCUT2D eigenvalue weighted by molar-refractivity contribution is -0.118. The van der Waals surface area contributed by atoms with E-state index in [1.165, 1.54) is 19.8 Å². The molecular weight excluding hydrogens is 140 g/mol. The van der Waals surface area contributed by atoms with Crippen molar-refractivity contribution in [1.82, 2.24) is 10.6 Å². The number of hydrogen-bond acceptors (Lipinski definition) is 2. The lowest BCUT2D eigenvalue weighted by Gasteiger charge is -2.03. The predicted molar refractivity (Wildman–Crippen MR) is 46.5 cm³/mol. The molecule has 0 aliphatic heterocycles. The van der Waals surface area contributed by atoms with E-state index in [9.17, 15) is 4.79 Å². The van der Waals surface area contributed by atoms with Gasteiger partial charge in [0.1, 0.15) is 0 Å². The maximum atomic E-state index is 10.4. The smallest absolute Gasteiger partial charge is 0.216 e. The molecule has 0 saturated carbocycles. The van der Waals surface area contributed by atoms with E-state index in [1.807, 2.05) is 0 Å². The third-order valence-corrected chi connectivity index (χ3v) is 1.38. The molecule has 1 amide bonds. The molecule has 3 nitrogen and oxygen atoms in total. The maximum absolute atomic E-state index is 10.4. The lowest BCUT2D eigenvalue weighted by atomic mass is 10.3. The second-order valence-electron chi connectivity index (χ2n) is 2.59. The summed E-state index contributed by atoms with van der Waals surface area (Å²) in [5.41, 5.74) is 0. The summed E-state index contributed by atoms with van der Waals surface area (Å²) in [5, 5.41) is 5.95. The first-order valence-electron chi connectivity index (χ1n) is 4.22. The lowest BCUT2D eigenvalue weighted by Crippen LogP contribution is -2.30. The van der Waals surface area contributed by atoms with E-state index in [0.717, 1.165) is 19.6 Å². The van der Waals surface area contributed by atoms with Gasteiger partial charge in [0, 0.05) is 20.0 Å². The van der Waals surface area contributed by atoms with Gasteiger partial charge in [-0.1, -0.05) is 13.3 Å². The molecule has 11 heavy (non-hydrogen) atoms. The fourth-order valence-corrected chi connectivity index (χ4v) is 0.754. The second-order valence-corrected chi connectivity index (χ2v) is 2.59. The molecule has 2 N–H and O–H groups in total. The monoisotopic (exact) mass is 158 g/mol. The largest absolute Gasteiger partial charge is 0.355 e. The zero-order valence-corrected chi connectivity index (χ0v) is 7.44. The number of carbonyl (C=O) groups is 1. The van der Waals surface area contributed by atoms with E-state index in [2.05, 4.69) is 17.6 Å². The van der Waals surface area contributed by atoms with Crippen molar-refractivity contribution >= 4 is 5.91 Å². The SMILES string of the molecule is CCCCNCCNC(C)=O. The van der Waals surface area contributed by atoms with Crippen LogP contribution < -0.4 is 10.6 Å². The molecule has 0 fully saturated rings. The van der Waals surface area contributed by atoms with Gasteiger partial charge in [-0.05, 0) is 13.0 Å². The molecule has 0 atom stereocenters. The van der Waals surface area contributed by atoms with Gasteiger partial charge in [-0.3, -0.25) is 4.79 Å². The zero-order chi connectivity index (χ0) is 8.53. The third kappa shape index (κ3) is 9.43. The molecule has 0 heterocycles. The Morgan fingerprint density at radius 1 is 1.27 bits per heavy atom. The van der Waals surface area contributed by atoms with Crippen LogP contribution in [0.1, 0.15) is 26.7 Å². The van der Waals surface area contributed by atoms with Crippen molar-refractivity contribution in [1.29, 1.82) is 0 Å². The first-order chi connectivity index (χ1) is 5.27. The van der Waals surface area contributed by atoms with Crippen LogP contribution in [0.25, 0.3) is 0 Å². The van der Waals surface area contributed by atoms with Crippen molar-refractivity contribution in [2.24, 2.45) is 0 Å². The summed E-state index contributed by atoms with van der Waals surface area (Å²) in [6, 6.07) is 0. The number of rotatable bonds is 6. The molecule has 0 aromatic heterocycles. The van der Waals surface area contributed by atoms with Gasteiger partial charge in [0.25, 0.3) is 0 Å². The summed E-state index contributed by atoms with van der Waals surface area (Å²) in [4.78, 5) is 10.4. The van der Waals surface area contributed by atoms with Crippen LogP contribution in [0.2, 0.25) is 0 Å². The Labute approximate surface area is 68.6 Å². The highest BCUT2D eigenvalue weighted by Crippen LogP contribution is 1.80. The molecule has 3 heteroatoms. The van der Waals surface area contributed by atoms with Crippen LogP contribution in [-0.4, -0.2) is 25.5 Å². The molecule has 0 aliphatic rings. The average molecular weight is 158 g/mol. The van der Waals surface area contributed by atoms with Gasteiger partial charge in [0.2, 0.25) is 5.91 Å². The first kappa shape index (κ1) is 10.4. The standard InChI is InChI=1S/C8H18N2O/c1-3-4-5-9-6-7-10-8(2)11/h9H,3-7H2,1-2H3,(H,10,11). The molecule has 0 rings (SSSR count). The van der Waals surface area contributed by atoms with Crippen LogP contribution in [0.15, 0.2) is 0 Å². The Morgan fingerprint density at radius 3 is 2.55 bits per heavy atom. The minimum Gasteiger partial charge on any atom is -0.355 e. The Morgan fingerprint density at radius 2 is 2.00 bits per heavy atom. The number of carbonyl (C=O) groups excluding carboxylic acids is 1. The fourth-order valence-electron chi connectivity index (χ4n) is 0.754. The van der Waals surface area contributed by atoms with Crippen molar-refractivity contribution in [3.63, 3.8) is 0 Å². The predicted octanol–water partition coefficient (Wildman–Crippen LogP) is 0.512. The minimum absolute atomic E-state index is 0.0438. The molecule has 0 spiro atoms. The molecule has 0 aliphatic carbocycles. The van der Waals surface area contributed by atoms with Crippen molar-refractivity contribution in [3.8, 4) is 0 Å². The van der Waals surface area contributed by atoms with Crippen molar-refractivity contribution in [2.45, 2.75) is 26.7 Å². The van der Waals surface area contributed by atoms with Gasteiger partial charge in [-0.2, -0.15) is 0 Å². The van der Waals surface area contributed by atoms with Crippen molar-refractivity contribution in [2.75, 3.05) is 19.6 Å². The van der Waals surface area contributed by atoms with Gasteiger partial charge in [0.15, 0.2) is 0 Å². The van der Waals surface area contributed by atoms with Crippen molar-refractivity contribution in [3.05, 3.63) is 0 Å². The number of nitrogens with one attached hydrogen (secondary N) is 2. The summed E-state index contributed by atoms with van der Waals surface area (Å²) < 4.78 is 0. The second kappa shape index (κ2) is 7.54. The summed E-state index contributed by atoms with van der Waals surface area (Å²) in [7, 11) is 0. The van der Waals surface area contributed by atoms with Gasteiger partial charge in [-0.25, -0.2) is 0 Å². The van der Waals surface area contributed by atoms with Gasteiger partial charge in [0.05, 0.1) is 0 Å². The number of unbranched alkanes of at least 4 members (excludes halogenated alkanes) is 1. The molecule has 0 unspecified atom stereocenters. The van der Waals surface area contributed by atoms with Crippen LogP contribution in [-0.2, 0) is 4.79 Å². The highest BCUT2D eigenvalue weighted by Gasteiger charge is 1.88. The van der Waals surface area contributed by atoms with Crippen LogP contribution in [0.5, 0.6) is 0 Å². The van der Waals surface area contributed by atoms with E-state index in [0.29, 0.717) is 0 Å². The maximum Gasteiger partial charge on any atom is 0.216 e. The Balaban J connectivity index is 2.85. The highest BCUT2D eigenvalue weighted by atomic mass is 16.1. The minimum atomic E-state index is 0.0438. The third-order valence-electron chi connectivity index (χ3n) is 1.38. The van der Waals surface area contributed by atoms with Crippen molar-refractivity contribution < 1.29 is 4.79 Å². The van der Waals surface area contributed by atoms with E-state index >= 15 is 0 Å². The molecule has 0 radical (unpaired) electrons. The van der Waals surface area contributed by atoms with Crippen LogP contribution in [0, 0.1) is 0 Å². The Bertz CT molecular complexity index is 104. The van der Waals surface area contributed by atoms with Crippen LogP contribution in [0.4, 0.5) is 0 Å². The number of amides is 1. The molecular formula is C8H18N2O. The van der Waals surface area contributed by atoms with Gasteiger partial charge < -0.3 is 10.6 Å². The summed E-state index contributed by atoms with van der Waals surface area (Å²) >= 11 is 0. The van der Waals surface area contributed by atoms with Crippen LogP contribution >= 0.6 is 0 Å². The van der Waals surface area contributed by atoms with E-state index < -0.39 is 0 Å². The molecule has 0 aromatic rings. The normalized spacial score (nSPS) is 9.64. The number of hydrogen-bond donors (Lipinski definition) is 2. The average Bonchev–Trinajstić information content (AvgIpc) is 1.96. The Kier molecular flexibility index (Phi) is 7.15. The topological polar surface area (TPSA) is 41.1 Å². The summed E-state index contributed by atoms with van der Waals surface area (Å²) in [5.74, 6) is 0.0438. The van der Waals surface area contributed by atoms with Gasteiger partial charge >= 0.3 is 0 Å². The molecule has 0 saturated heterocycles. The summed E-state index contributed by atoms with van der Waals surface area (Å²) in [6.07, 6.45) is 2.42. The zero-order valence-electron chi connectivity index (χ0n) is 7.44. The fraction of sp³-hybridized carbons (Fsp3) is 0.875. The Hall–Kier alpha value is -0.570. The van der Waals surface area contributed by atoms with Gasteiger partial charge in [-0.15, -0.1) is 0 Å². The van der Waals surface area contributed by atoms with E-state index in [-0.39, 0.29) is 5.91 Å². The molecule has 66 valence electrons. The van der Waals surface area contributed by atoms with Crippen LogP contribution in [0.3, 0.4) is 0 Å². The highest BCUT2D eigenvalue weighted by molar-refractivity contribution is 5.72. The van der Waals surface area contributed by atoms with E-state index in [4.69, 9.17) is 0 Å². The van der Waals surface area contributed by atoms with E-state index in [1.54, 1.807) is 0 Å². The first-order valence-corrected chi connectivity index (χ1v) is 4.22. The molecule has 0 aromatic carbocycles. The molecule has 0 bridgehead atoms. The quantitative estimate of drug-likeness (QED) is 0.553.